The molecule has 6 nitrogen and oxygen atoms in total. The minimum absolute atomic E-state index is 0.0000813. The van der Waals surface area contributed by atoms with Crippen molar-refractivity contribution in [2.24, 2.45) is 0 Å². The molecule has 0 saturated heterocycles. The number of halogens is 1. The zero-order chi connectivity index (χ0) is 14.7. The van der Waals surface area contributed by atoms with E-state index >= 15 is 0 Å². The van der Waals surface area contributed by atoms with Crippen molar-refractivity contribution in [1.29, 1.82) is 0 Å². The van der Waals surface area contributed by atoms with Crippen molar-refractivity contribution >= 4 is 11.8 Å². The molecule has 0 aromatic carbocycles. The number of aryl methyl sites for hydroxylation is 1. The molecule has 106 valence electrons. The largest absolute Gasteiger partial charge is 0.461 e. The summed E-state index contributed by atoms with van der Waals surface area (Å²) in [4.78, 5) is 19.6. The van der Waals surface area contributed by atoms with E-state index in [1.165, 1.54) is 16.8 Å². The molecular weight excluding hydrogens is 263 g/mol. The third kappa shape index (κ3) is 2.34. The predicted molar refractivity (Wildman–Crippen MR) is 71.1 cm³/mol. The zero-order valence-electron chi connectivity index (χ0n) is 11.3. The Bertz CT molecular complexity index is 639. The normalized spacial score (nSPS) is 10.6. The van der Waals surface area contributed by atoms with Crippen molar-refractivity contribution in [1.82, 2.24) is 14.5 Å². The number of pyridine rings is 1. The molecule has 0 atom stereocenters. The number of ether oxygens (including phenoxy) is 1. The number of esters is 1. The number of imidazole rings is 1. The molecule has 0 unspecified atom stereocenters. The van der Waals surface area contributed by atoms with Gasteiger partial charge in [-0.15, -0.1) is 0 Å². The van der Waals surface area contributed by atoms with E-state index in [9.17, 15) is 9.18 Å². The van der Waals surface area contributed by atoms with Crippen molar-refractivity contribution in [3.8, 4) is 5.69 Å². The molecule has 0 aliphatic rings. The average molecular weight is 278 g/mol. The van der Waals surface area contributed by atoms with Crippen LogP contribution in [0.3, 0.4) is 0 Å². The van der Waals surface area contributed by atoms with Crippen LogP contribution in [-0.4, -0.2) is 27.1 Å². The molecule has 2 rings (SSSR count). The number of hydrogen-bond donors (Lipinski definition) is 1. The topological polar surface area (TPSA) is 83.0 Å². The summed E-state index contributed by atoms with van der Waals surface area (Å²) < 4.78 is 20.1. The summed E-state index contributed by atoms with van der Waals surface area (Å²) in [5.74, 6) is -0.615. The monoisotopic (exact) mass is 278 g/mol. The van der Waals surface area contributed by atoms with E-state index in [2.05, 4.69) is 9.97 Å². The van der Waals surface area contributed by atoms with Crippen LogP contribution in [0.4, 0.5) is 10.2 Å². The molecule has 0 amide bonds. The van der Waals surface area contributed by atoms with Gasteiger partial charge >= 0.3 is 5.97 Å². The van der Waals surface area contributed by atoms with Crippen LogP contribution in [0.15, 0.2) is 18.5 Å². The van der Waals surface area contributed by atoms with Crippen LogP contribution in [0, 0.1) is 5.82 Å². The second-order valence-electron chi connectivity index (χ2n) is 4.00. The Kier molecular flexibility index (Phi) is 3.97. The van der Waals surface area contributed by atoms with Gasteiger partial charge in [-0.1, -0.05) is 6.92 Å². The van der Waals surface area contributed by atoms with Gasteiger partial charge in [-0.2, -0.15) is 0 Å². The minimum atomic E-state index is -0.618. The van der Waals surface area contributed by atoms with Crippen molar-refractivity contribution in [3.63, 3.8) is 0 Å². The van der Waals surface area contributed by atoms with Crippen molar-refractivity contribution < 1.29 is 13.9 Å². The fourth-order valence-corrected chi connectivity index (χ4v) is 1.89. The summed E-state index contributed by atoms with van der Waals surface area (Å²) in [7, 11) is 0. The van der Waals surface area contributed by atoms with Crippen molar-refractivity contribution in [2.75, 3.05) is 12.3 Å². The zero-order valence-corrected chi connectivity index (χ0v) is 11.3. The number of nitrogens with two attached hydrogens (primary N) is 1. The van der Waals surface area contributed by atoms with Crippen LogP contribution < -0.4 is 5.73 Å². The number of aromatic nitrogens is 3. The van der Waals surface area contributed by atoms with E-state index in [1.54, 1.807) is 6.92 Å². The van der Waals surface area contributed by atoms with Gasteiger partial charge in [-0.3, -0.25) is 9.55 Å². The number of anilines is 1. The molecule has 0 radical (unpaired) electrons. The molecule has 7 heteroatoms. The summed E-state index contributed by atoms with van der Waals surface area (Å²) in [6.45, 7) is 3.75. The predicted octanol–water partition coefficient (Wildman–Crippen LogP) is 1.73. The van der Waals surface area contributed by atoms with E-state index in [4.69, 9.17) is 10.5 Å². The number of rotatable bonds is 4. The standard InChI is InChI=1S/C13H15FN4O2/c1-3-10-17-11(13(19)20-4-2)12(15)18(10)9-5-6-16-7-8(9)14/h5-7H,3-4,15H2,1-2H3. The quantitative estimate of drug-likeness (QED) is 0.861. The Balaban J connectivity index is 2.59. The second kappa shape index (κ2) is 5.68. The van der Waals surface area contributed by atoms with E-state index in [-0.39, 0.29) is 23.8 Å². The lowest BCUT2D eigenvalue weighted by Crippen LogP contribution is -2.10. The Labute approximate surface area is 115 Å². The van der Waals surface area contributed by atoms with Gasteiger partial charge in [0, 0.05) is 12.6 Å². The van der Waals surface area contributed by atoms with Gasteiger partial charge in [0.05, 0.1) is 18.5 Å². The van der Waals surface area contributed by atoms with Gasteiger partial charge in [-0.25, -0.2) is 14.2 Å². The van der Waals surface area contributed by atoms with E-state index in [0.717, 1.165) is 6.20 Å². The summed E-state index contributed by atoms with van der Waals surface area (Å²) in [6, 6.07) is 1.47. The molecule has 0 aliphatic carbocycles. The molecule has 2 heterocycles. The maximum absolute atomic E-state index is 13.8. The Morgan fingerprint density at radius 2 is 2.25 bits per heavy atom. The number of hydrogen-bond acceptors (Lipinski definition) is 5. The molecule has 0 spiro atoms. The van der Waals surface area contributed by atoms with E-state index in [0.29, 0.717) is 12.2 Å². The second-order valence-corrected chi connectivity index (χ2v) is 4.00. The highest BCUT2D eigenvalue weighted by molar-refractivity contribution is 5.92. The average Bonchev–Trinajstić information content (AvgIpc) is 2.77. The van der Waals surface area contributed by atoms with Crippen LogP contribution in [-0.2, 0) is 11.2 Å². The number of nitrogens with zero attached hydrogens (tertiary/aromatic N) is 3. The molecule has 20 heavy (non-hydrogen) atoms. The van der Waals surface area contributed by atoms with Crippen LogP contribution in [0.5, 0.6) is 0 Å². The fraction of sp³-hybridized carbons (Fsp3) is 0.308. The van der Waals surface area contributed by atoms with E-state index < -0.39 is 11.8 Å². The molecule has 0 aliphatic heterocycles. The SMILES string of the molecule is CCOC(=O)c1nc(CC)n(-c2ccncc2F)c1N. The lowest BCUT2D eigenvalue weighted by atomic mass is 10.3. The molecule has 2 aromatic heterocycles. The first-order valence-electron chi connectivity index (χ1n) is 6.24. The van der Waals surface area contributed by atoms with E-state index in [1.807, 2.05) is 6.92 Å². The third-order valence-corrected chi connectivity index (χ3v) is 2.76. The van der Waals surface area contributed by atoms with Gasteiger partial charge in [0.2, 0.25) is 0 Å². The molecule has 2 N–H and O–H groups in total. The maximum Gasteiger partial charge on any atom is 0.360 e. The van der Waals surface area contributed by atoms with Crippen LogP contribution in [0.25, 0.3) is 5.69 Å². The Morgan fingerprint density at radius 1 is 1.50 bits per heavy atom. The highest BCUT2D eigenvalue weighted by Crippen LogP contribution is 2.23. The fourth-order valence-electron chi connectivity index (χ4n) is 1.89. The Morgan fingerprint density at radius 3 is 2.85 bits per heavy atom. The highest BCUT2D eigenvalue weighted by atomic mass is 19.1. The van der Waals surface area contributed by atoms with Crippen LogP contribution >= 0.6 is 0 Å². The molecule has 0 fully saturated rings. The maximum atomic E-state index is 13.8. The summed E-state index contributed by atoms with van der Waals surface area (Å²) in [6.07, 6.45) is 3.02. The summed E-state index contributed by atoms with van der Waals surface area (Å²) >= 11 is 0. The van der Waals surface area contributed by atoms with Crippen molar-refractivity contribution in [3.05, 3.63) is 35.8 Å². The van der Waals surface area contributed by atoms with Gasteiger partial charge in [0.15, 0.2) is 11.5 Å². The minimum Gasteiger partial charge on any atom is -0.461 e. The lowest BCUT2D eigenvalue weighted by molar-refractivity contribution is 0.0521. The van der Waals surface area contributed by atoms with Crippen LogP contribution in [0.2, 0.25) is 0 Å². The first-order valence-corrected chi connectivity index (χ1v) is 6.24. The summed E-state index contributed by atoms with van der Waals surface area (Å²) in [5, 5.41) is 0. The van der Waals surface area contributed by atoms with Crippen molar-refractivity contribution in [2.45, 2.75) is 20.3 Å². The molecule has 0 bridgehead atoms. The molecule has 2 aromatic rings. The van der Waals surface area contributed by atoms with Gasteiger partial charge < -0.3 is 10.5 Å². The smallest absolute Gasteiger partial charge is 0.360 e. The molecular formula is C13H15FN4O2. The first-order chi connectivity index (χ1) is 9.60. The third-order valence-electron chi connectivity index (χ3n) is 2.76. The number of nitrogen functional groups attached to an aromatic ring is 1. The molecule has 0 saturated carbocycles. The Hall–Kier alpha value is -2.44. The number of carbonyl (C=O) groups is 1. The van der Waals surface area contributed by atoms with Gasteiger partial charge in [-0.05, 0) is 13.0 Å². The lowest BCUT2D eigenvalue weighted by Gasteiger charge is -2.09. The number of carbonyl (C=O) groups excluding carboxylic acids is 1. The van der Waals surface area contributed by atoms with Gasteiger partial charge in [0.25, 0.3) is 0 Å². The summed E-state index contributed by atoms with van der Waals surface area (Å²) in [5.41, 5.74) is 6.13. The first kappa shape index (κ1) is 14.0. The van der Waals surface area contributed by atoms with Crippen LogP contribution in [0.1, 0.15) is 30.2 Å². The van der Waals surface area contributed by atoms with Gasteiger partial charge in [0.1, 0.15) is 11.6 Å². The highest BCUT2D eigenvalue weighted by Gasteiger charge is 2.22.